The summed E-state index contributed by atoms with van der Waals surface area (Å²) in [5, 5.41) is 3.72. The Morgan fingerprint density at radius 1 is 1.14 bits per heavy atom. The molecule has 2 unspecified atom stereocenters. The van der Waals surface area contributed by atoms with Crippen LogP contribution < -0.4 is 10.1 Å². The van der Waals surface area contributed by atoms with E-state index in [4.69, 9.17) is 14.2 Å². The van der Waals surface area contributed by atoms with Gasteiger partial charge in [0.15, 0.2) is 0 Å². The second kappa shape index (κ2) is 10.0. The average molecular weight is 515 g/mol. The highest BCUT2D eigenvalue weighted by Crippen LogP contribution is 2.40. The number of benzene rings is 1. The monoisotopic (exact) mass is 514 g/mol. The van der Waals surface area contributed by atoms with Gasteiger partial charge < -0.3 is 19.5 Å². The molecule has 1 aromatic carbocycles. The molecule has 2 bridgehead atoms. The molecule has 1 aromatic heterocycles. The highest BCUT2D eigenvalue weighted by molar-refractivity contribution is 8.00. The van der Waals surface area contributed by atoms with Crippen LogP contribution in [0.1, 0.15) is 50.5 Å². The summed E-state index contributed by atoms with van der Waals surface area (Å²) in [7, 11) is 0. The lowest BCUT2D eigenvalue weighted by molar-refractivity contribution is -0.0984. The molecule has 10 heteroatoms. The van der Waals surface area contributed by atoms with Crippen molar-refractivity contribution in [2.45, 2.75) is 86.3 Å². The number of hydrogen-bond acceptors (Lipinski definition) is 8. The fourth-order valence-electron chi connectivity index (χ4n) is 4.96. The van der Waals surface area contributed by atoms with E-state index in [0.29, 0.717) is 54.3 Å². The molecule has 8 nitrogen and oxygen atoms in total. The first-order chi connectivity index (χ1) is 17.5. The Kier molecular flexibility index (Phi) is 6.64. The Balaban J connectivity index is 1.11. The summed E-state index contributed by atoms with van der Waals surface area (Å²) in [6, 6.07) is 5.09. The number of carbonyl (C=O) groups excluding carboxylic acids is 1. The number of piperidine rings is 1. The van der Waals surface area contributed by atoms with Gasteiger partial charge in [-0.2, -0.15) is 0 Å². The number of morpholine rings is 1. The van der Waals surface area contributed by atoms with Crippen molar-refractivity contribution < 1.29 is 23.4 Å². The minimum Gasteiger partial charge on any atom is -0.474 e. The number of hydrogen-bond donors (Lipinski definition) is 1. The zero-order valence-electron chi connectivity index (χ0n) is 20.3. The van der Waals surface area contributed by atoms with Crippen molar-refractivity contribution in [3.05, 3.63) is 35.9 Å². The van der Waals surface area contributed by atoms with Gasteiger partial charge in [0.2, 0.25) is 5.88 Å². The van der Waals surface area contributed by atoms with Crippen molar-refractivity contribution in [3.8, 4) is 5.88 Å². The standard InChI is InChI=1S/C26H31FN4O4S/c1-15-24(30-23-8-7-21(11-22(23)27)36-20-5-6-20)28-14-29-25(15)34-19-9-16-12-33-13-17(10-19)31(16)26(32)35-18-3-2-4-18/h7-8,11,14,16-20H,2-6,9-10,12-13H2,1H3,(H,28,29,30). The highest BCUT2D eigenvalue weighted by atomic mass is 32.2. The van der Waals surface area contributed by atoms with E-state index >= 15 is 0 Å². The lowest BCUT2D eigenvalue weighted by Crippen LogP contribution is -2.61. The van der Waals surface area contributed by atoms with Crippen LogP contribution in [-0.2, 0) is 9.47 Å². The van der Waals surface area contributed by atoms with Crippen LogP contribution in [-0.4, -0.2) is 63.7 Å². The summed E-state index contributed by atoms with van der Waals surface area (Å²) in [5.74, 6) is 0.657. The number of nitrogens with zero attached hydrogens (tertiary/aromatic N) is 3. The molecule has 192 valence electrons. The van der Waals surface area contributed by atoms with Crippen LogP contribution in [0.2, 0.25) is 0 Å². The maximum atomic E-state index is 14.7. The quantitative estimate of drug-likeness (QED) is 0.538. The lowest BCUT2D eigenvalue weighted by atomic mass is 9.92. The van der Waals surface area contributed by atoms with E-state index in [-0.39, 0.29) is 36.2 Å². The van der Waals surface area contributed by atoms with E-state index in [9.17, 15) is 9.18 Å². The van der Waals surface area contributed by atoms with Gasteiger partial charge in [-0.1, -0.05) is 0 Å². The van der Waals surface area contributed by atoms with Crippen molar-refractivity contribution >= 4 is 29.4 Å². The molecule has 2 atom stereocenters. The smallest absolute Gasteiger partial charge is 0.410 e. The zero-order valence-corrected chi connectivity index (χ0v) is 21.1. The molecule has 2 aliphatic carbocycles. The minimum absolute atomic E-state index is 0.0562. The van der Waals surface area contributed by atoms with Crippen molar-refractivity contribution in [1.82, 2.24) is 14.9 Å². The number of aromatic nitrogens is 2. The predicted octanol–water partition coefficient (Wildman–Crippen LogP) is 5.22. The van der Waals surface area contributed by atoms with Gasteiger partial charge in [0.05, 0.1) is 36.5 Å². The summed E-state index contributed by atoms with van der Waals surface area (Å²) in [5.41, 5.74) is 1.08. The fourth-order valence-corrected chi connectivity index (χ4v) is 6.04. The predicted molar refractivity (Wildman–Crippen MR) is 133 cm³/mol. The van der Waals surface area contributed by atoms with E-state index in [0.717, 1.165) is 24.2 Å². The Morgan fingerprint density at radius 2 is 1.92 bits per heavy atom. The van der Waals surface area contributed by atoms with E-state index in [1.165, 1.54) is 19.2 Å². The van der Waals surface area contributed by atoms with Gasteiger partial charge in [0.25, 0.3) is 0 Å². The van der Waals surface area contributed by atoms with Crippen LogP contribution in [0.25, 0.3) is 0 Å². The molecule has 2 aromatic rings. The molecule has 1 amide bonds. The second-order valence-electron chi connectivity index (χ2n) is 10.1. The minimum atomic E-state index is -0.310. The molecule has 3 heterocycles. The van der Waals surface area contributed by atoms with Gasteiger partial charge in [-0.15, -0.1) is 11.8 Å². The number of fused-ring (bicyclic) bond motifs is 2. The first kappa shape index (κ1) is 23.8. The third-order valence-electron chi connectivity index (χ3n) is 7.34. The van der Waals surface area contributed by atoms with Crippen LogP contribution >= 0.6 is 11.8 Å². The number of thioether (sulfide) groups is 1. The average Bonchev–Trinajstić information content (AvgIpc) is 3.64. The van der Waals surface area contributed by atoms with Crippen molar-refractivity contribution in [1.29, 1.82) is 0 Å². The number of amides is 1. The van der Waals surface area contributed by atoms with Gasteiger partial charge in [-0.25, -0.2) is 19.2 Å². The fraction of sp³-hybridized carbons (Fsp3) is 0.577. The van der Waals surface area contributed by atoms with E-state index < -0.39 is 0 Å². The SMILES string of the molecule is Cc1c(Nc2ccc(SC3CC3)cc2F)ncnc1OC1CC2COCC(C1)N2C(=O)OC1CCC1. The molecule has 1 N–H and O–H groups in total. The molecule has 36 heavy (non-hydrogen) atoms. The molecule has 6 rings (SSSR count). The molecular weight excluding hydrogens is 483 g/mol. The Morgan fingerprint density at radius 3 is 2.58 bits per heavy atom. The normalized spacial score (nSPS) is 25.7. The topological polar surface area (TPSA) is 85.8 Å². The van der Waals surface area contributed by atoms with Gasteiger partial charge in [0, 0.05) is 23.0 Å². The zero-order chi connectivity index (χ0) is 24.6. The van der Waals surface area contributed by atoms with Crippen molar-refractivity contribution in [3.63, 3.8) is 0 Å². The third-order valence-corrected chi connectivity index (χ3v) is 8.68. The number of halogens is 1. The lowest BCUT2D eigenvalue weighted by Gasteiger charge is -2.47. The number of anilines is 2. The summed E-state index contributed by atoms with van der Waals surface area (Å²) < 4.78 is 32.5. The molecular formula is C26H31FN4O4S. The summed E-state index contributed by atoms with van der Waals surface area (Å²) in [6.45, 7) is 2.81. The van der Waals surface area contributed by atoms with Gasteiger partial charge in [-0.3, -0.25) is 4.90 Å². The van der Waals surface area contributed by atoms with Crippen LogP contribution in [0, 0.1) is 12.7 Å². The molecule has 2 saturated carbocycles. The molecule has 4 aliphatic rings. The second-order valence-corrected chi connectivity index (χ2v) is 11.5. The van der Waals surface area contributed by atoms with Crippen LogP contribution in [0.4, 0.5) is 20.7 Å². The molecule has 2 saturated heterocycles. The van der Waals surface area contributed by atoms with Crippen LogP contribution in [0.15, 0.2) is 29.4 Å². The first-order valence-electron chi connectivity index (χ1n) is 12.8. The van der Waals surface area contributed by atoms with E-state index in [2.05, 4.69) is 15.3 Å². The molecule has 4 fully saturated rings. The van der Waals surface area contributed by atoms with Gasteiger partial charge >= 0.3 is 6.09 Å². The molecule has 2 aliphatic heterocycles. The van der Waals surface area contributed by atoms with Crippen molar-refractivity contribution in [2.75, 3.05) is 18.5 Å². The Labute approximate surface area is 214 Å². The number of nitrogens with one attached hydrogen (secondary N) is 1. The van der Waals surface area contributed by atoms with Gasteiger partial charge in [-0.05, 0) is 57.2 Å². The molecule has 0 spiro atoms. The van der Waals surface area contributed by atoms with Crippen LogP contribution in [0.5, 0.6) is 5.88 Å². The van der Waals surface area contributed by atoms with Crippen LogP contribution in [0.3, 0.4) is 0 Å². The maximum absolute atomic E-state index is 14.7. The number of rotatable bonds is 7. The summed E-state index contributed by atoms with van der Waals surface area (Å²) in [6.07, 6.45) is 7.83. The molecule has 0 radical (unpaired) electrons. The van der Waals surface area contributed by atoms with Crippen molar-refractivity contribution in [2.24, 2.45) is 0 Å². The van der Waals surface area contributed by atoms with Gasteiger partial charge in [0.1, 0.15) is 30.2 Å². The summed E-state index contributed by atoms with van der Waals surface area (Å²) >= 11 is 1.72. The third kappa shape index (κ3) is 5.11. The maximum Gasteiger partial charge on any atom is 0.410 e. The number of carbonyl (C=O) groups is 1. The first-order valence-corrected chi connectivity index (χ1v) is 13.7. The highest BCUT2D eigenvalue weighted by Gasteiger charge is 2.44. The van der Waals surface area contributed by atoms with E-state index in [1.54, 1.807) is 23.9 Å². The Bertz CT molecular complexity index is 1120. The summed E-state index contributed by atoms with van der Waals surface area (Å²) in [4.78, 5) is 24.3. The number of ether oxygens (including phenoxy) is 3. The largest absolute Gasteiger partial charge is 0.474 e. The Hall–Kier alpha value is -2.59. The van der Waals surface area contributed by atoms with E-state index in [1.807, 2.05) is 17.9 Å².